The zero-order valence-electron chi connectivity index (χ0n) is 10.0. The van der Waals surface area contributed by atoms with E-state index in [-0.39, 0.29) is 11.6 Å². The highest BCUT2D eigenvalue weighted by atomic mass is 35.5. The molecule has 4 nitrogen and oxygen atoms in total. The fraction of sp³-hybridized carbons (Fsp3) is 1.00. The highest BCUT2D eigenvalue weighted by Crippen LogP contribution is 2.09. The second kappa shape index (κ2) is 6.19. The minimum Gasteiger partial charge on any atom is -0.300 e. The summed E-state index contributed by atoms with van der Waals surface area (Å²) in [7, 11) is -3.11. The molecule has 0 radical (unpaired) electrons. The van der Waals surface area contributed by atoms with E-state index in [0.717, 1.165) is 19.6 Å². The Labute approximate surface area is 104 Å². The predicted molar refractivity (Wildman–Crippen MR) is 67.4 cm³/mol. The Morgan fingerprint density at radius 2 is 1.75 bits per heavy atom. The molecule has 0 spiro atoms. The zero-order valence-corrected chi connectivity index (χ0v) is 11.6. The van der Waals surface area contributed by atoms with Gasteiger partial charge in [-0.1, -0.05) is 13.8 Å². The van der Waals surface area contributed by atoms with Crippen molar-refractivity contribution >= 4 is 21.6 Å². The minimum atomic E-state index is -3.11. The van der Waals surface area contributed by atoms with Gasteiger partial charge in [0.1, 0.15) is 0 Å². The molecule has 1 fully saturated rings. The van der Waals surface area contributed by atoms with Gasteiger partial charge in [0.2, 0.25) is 10.0 Å². The van der Waals surface area contributed by atoms with Crippen molar-refractivity contribution in [1.29, 1.82) is 0 Å². The normalized spacial score (nSPS) is 20.5. The van der Waals surface area contributed by atoms with Crippen molar-refractivity contribution in [1.82, 2.24) is 9.21 Å². The maximum absolute atomic E-state index is 11.7. The van der Waals surface area contributed by atoms with Crippen molar-refractivity contribution in [2.75, 3.05) is 44.4 Å². The third kappa shape index (κ3) is 4.20. The van der Waals surface area contributed by atoms with Gasteiger partial charge < -0.3 is 4.90 Å². The van der Waals surface area contributed by atoms with E-state index in [1.807, 2.05) is 0 Å². The molecule has 16 heavy (non-hydrogen) atoms. The van der Waals surface area contributed by atoms with Crippen molar-refractivity contribution < 1.29 is 8.42 Å². The van der Waals surface area contributed by atoms with Gasteiger partial charge in [-0.25, -0.2) is 8.42 Å². The lowest BCUT2D eigenvalue weighted by Crippen LogP contribution is -2.50. The van der Waals surface area contributed by atoms with Crippen LogP contribution in [0.4, 0.5) is 0 Å². The maximum atomic E-state index is 11.7. The van der Waals surface area contributed by atoms with Crippen LogP contribution >= 0.6 is 11.6 Å². The first-order valence-electron chi connectivity index (χ1n) is 5.72. The zero-order chi connectivity index (χ0) is 12.2. The topological polar surface area (TPSA) is 40.6 Å². The van der Waals surface area contributed by atoms with Gasteiger partial charge in [-0.3, -0.25) is 0 Å². The summed E-state index contributed by atoms with van der Waals surface area (Å²) in [5, 5.41) is 0. The van der Waals surface area contributed by atoms with Crippen LogP contribution in [0.25, 0.3) is 0 Å². The third-order valence-corrected chi connectivity index (χ3v) is 4.97. The summed E-state index contributed by atoms with van der Waals surface area (Å²) in [5.41, 5.74) is 0. The van der Waals surface area contributed by atoms with Gasteiger partial charge in [0.15, 0.2) is 0 Å². The minimum absolute atomic E-state index is 0.0543. The monoisotopic (exact) mass is 268 g/mol. The van der Waals surface area contributed by atoms with Gasteiger partial charge in [0.05, 0.1) is 5.75 Å². The Kier molecular flexibility index (Phi) is 5.50. The number of hydrogen-bond donors (Lipinski definition) is 0. The van der Waals surface area contributed by atoms with Crippen LogP contribution in [0.5, 0.6) is 0 Å². The molecule has 0 aromatic heterocycles. The summed E-state index contributed by atoms with van der Waals surface area (Å²) >= 11 is 5.49. The number of piperazine rings is 1. The summed E-state index contributed by atoms with van der Waals surface area (Å²) in [4.78, 5) is 2.32. The Balaban J connectivity index is 2.43. The Morgan fingerprint density at radius 3 is 2.19 bits per heavy atom. The molecule has 0 aromatic rings. The SMILES string of the molecule is CC(C)CN1CCN(S(=O)(=O)CCCl)CC1. The van der Waals surface area contributed by atoms with E-state index in [0.29, 0.717) is 19.0 Å². The lowest BCUT2D eigenvalue weighted by atomic mass is 10.2. The summed E-state index contributed by atoms with van der Waals surface area (Å²) in [6, 6.07) is 0. The molecule has 1 saturated heterocycles. The highest BCUT2D eigenvalue weighted by Gasteiger charge is 2.26. The van der Waals surface area contributed by atoms with Crippen LogP contribution in [0.1, 0.15) is 13.8 Å². The Hall–Kier alpha value is 0.160. The van der Waals surface area contributed by atoms with E-state index in [1.54, 1.807) is 4.31 Å². The fourth-order valence-electron chi connectivity index (χ4n) is 1.93. The molecule has 1 aliphatic rings. The molecular formula is C10H21ClN2O2S. The van der Waals surface area contributed by atoms with Crippen LogP contribution in [0.15, 0.2) is 0 Å². The first-order chi connectivity index (χ1) is 7.45. The van der Waals surface area contributed by atoms with Gasteiger partial charge in [-0.2, -0.15) is 4.31 Å². The molecule has 0 aromatic carbocycles. The number of halogens is 1. The van der Waals surface area contributed by atoms with E-state index in [9.17, 15) is 8.42 Å². The van der Waals surface area contributed by atoms with Crippen LogP contribution in [-0.4, -0.2) is 62.0 Å². The smallest absolute Gasteiger partial charge is 0.215 e. The third-order valence-electron chi connectivity index (χ3n) is 2.68. The maximum Gasteiger partial charge on any atom is 0.215 e. The van der Waals surface area contributed by atoms with Gasteiger partial charge in [0, 0.05) is 38.6 Å². The van der Waals surface area contributed by atoms with Crippen molar-refractivity contribution in [3.05, 3.63) is 0 Å². The lowest BCUT2D eigenvalue weighted by Gasteiger charge is -2.34. The number of nitrogens with zero attached hydrogens (tertiary/aromatic N) is 2. The van der Waals surface area contributed by atoms with E-state index >= 15 is 0 Å². The average molecular weight is 269 g/mol. The van der Waals surface area contributed by atoms with Crippen LogP contribution in [0.2, 0.25) is 0 Å². The number of sulfonamides is 1. The summed E-state index contributed by atoms with van der Waals surface area (Å²) < 4.78 is 25.0. The Morgan fingerprint density at radius 1 is 1.19 bits per heavy atom. The molecular weight excluding hydrogens is 248 g/mol. The molecule has 0 N–H and O–H groups in total. The van der Waals surface area contributed by atoms with Crippen LogP contribution in [-0.2, 0) is 10.0 Å². The van der Waals surface area contributed by atoms with E-state index in [4.69, 9.17) is 11.6 Å². The van der Waals surface area contributed by atoms with Crippen molar-refractivity contribution in [3.63, 3.8) is 0 Å². The summed E-state index contributed by atoms with van der Waals surface area (Å²) in [5.74, 6) is 0.860. The molecule has 1 heterocycles. The molecule has 0 amide bonds. The fourth-order valence-corrected chi connectivity index (χ4v) is 3.69. The largest absolute Gasteiger partial charge is 0.300 e. The van der Waals surface area contributed by atoms with E-state index < -0.39 is 10.0 Å². The average Bonchev–Trinajstić information content (AvgIpc) is 2.17. The van der Waals surface area contributed by atoms with Gasteiger partial charge in [0.25, 0.3) is 0 Å². The number of hydrogen-bond acceptors (Lipinski definition) is 3. The number of alkyl halides is 1. The van der Waals surface area contributed by atoms with Crippen LogP contribution in [0, 0.1) is 5.92 Å². The molecule has 1 rings (SSSR count). The summed E-state index contributed by atoms with van der Waals surface area (Å²) in [6.07, 6.45) is 0. The molecule has 0 aliphatic carbocycles. The standard InChI is InChI=1S/C10H21ClN2O2S/c1-10(2)9-12-4-6-13(7-5-12)16(14,15)8-3-11/h10H,3-9H2,1-2H3. The molecule has 0 atom stereocenters. The lowest BCUT2D eigenvalue weighted by molar-refractivity contribution is 0.172. The second-order valence-electron chi connectivity index (χ2n) is 4.60. The van der Waals surface area contributed by atoms with Crippen molar-refractivity contribution in [3.8, 4) is 0 Å². The quantitative estimate of drug-likeness (QED) is 0.694. The predicted octanol–water partition coefficient (Wildman–Crippen LogP) is 0.829. The molecule has 0 unspecified atom stereocenters. The summed E-state index contributed by atoms with van der Waals surface area (Å²) in [6.45, 7) is 8.27. The molecule has 96 valence electrons. The highest BCUT2D eigenvalue weighted by molar-refractivity contribution is 7.89. The first kappa shape index (κ1) is 14.2. The number of rotatable bonds is 5. The van der Waals surface area contributed by atoms with Gasteiger partial charge in [-0.15, -0.1) is 11.6 Å². The van der Waals surface area contributed by atoms with Gasteiger partial charge >= 0.3 is 0 Å². The Bertz CT molecular complexity index is 298. The van der Waals surface area contributed by atoms with Crippen LogP contribution < -0.4 is 0 Å². The molecule has 0 saturated carbocycles. The van der Waals surface area contributed by atoms with Crippen molar-refractivity contribution in [2.24, 2.45) is 5.92 Å². The molecule has 6 heteroatoms. The van der Waals surface area contributed by atoms with E-state index in [1.165, 1.54) is 0 Å². The second-order valence-corrected chi connectivity index (χ2v) is 7.06. The van der Waals surface area contributed by atoms with Crippen LogP contribution in [0.3, 0.4) is 0 Å². The molecule has 0 bridgehead atoms. The first-order valence-corrected chi connectivity index (χ1v) is 7.86. The van der Waals surface area contributed by atoms with Gasteiger partial charge in [-0.05, 0) is 5.92 Å². The van der Waals surface area contributed by atoms with E-state index in [2.05, 4.69) is 18.7 Å². The van der Waals surface area contributed by atoms with Crippen molar-refractivity contribution in [2.45, 2.75) is 13.8 Å². The molecule has 1 aliphatic heterocycles.